The number of benzene rings is 2. The molecule has 0 radical (unpaired) electrons. The van der Waals surface area contributed by atoms with Crippen molar-refractivity contribution in [2.24, 2.45) is 0 Å². The van der Waals surface area contributed by atoms with E-state index in [4.69, 9.17) is 22.1 Å². The van der Waals surface area contributed by atoms with Crippen molar-refractivity contribution < 1.29 is 9.53 Å². The average Bonchev–Trinajstić information content (AvgIpc) is 2.43. The SMILES string of the molecule is CCOc1ccc(Br)cc1C(=O)c1cc(N)ccc1Cl. The fourth-order valence-electron chi connectivity index (χ4n) is 1.82. The van der Waals surface area contributed by atoms with Crippen LogP contribution in [0.2, 0.25) is 5.02 Å². The lowest BCUT2D eigenvalue weighted by molar-refractivity contribution is 0.103. The summed E-state index contributed by atoms with van der Waals surface area (Å²) in [5.41, 5.74) is 7.03. The number of carbonyl (C=O) groups is 1. The quantitative estimate of drug-likeness (QED) is 0.657. The van der Waals surface area contributed by atoms with E-state index in [1.165, 1.54) is 0 Å². The van der Waals surface area contributed by atoms with Crippen LogP contribution in [-0.2, 0) is 0 Å². The fourth-order valence-corrected chi connectivity index (χ4v) is 2.39. The summed E-state index contributed by atoms with van der Waals surface area (Å²) < 4.78 is 6.28. The molecule has 0 atom stereocenters. The van der Waals surface area contributed by atoms with Gasteiger partial charge in [0.2, 0.25) is 0 Å². The highest BCUT2D eigenvalue weighted by atomic mass is 79.9. The van der Waals surface area contributed by atoms with E-state index < -0.39 is 0 Å². The predicted molar refractivity (Wildman–Crippen MR) is 84.6 cm³/mol. The van der Waals surface area contributed by atoms with E-state index in [1.807, 2.05) is 13.0 Å². The van der Waals surface area contributed by atoms with Crippen molar-refractivity contribution >= 4 is 39.0 Å². The van der Waals surface area contributed by atoms with Gasteiger partial charge in [-0.2, -0.15) is 0 Å². The number of halogens is 2. The van der Waals surface area contributed by atoms with E-state index in [-0.39, 0.29) is 5.78 Å². The minimum Gasteiger partial charge on any atom is -0.493 e. The zero-order chi connectivity index (χ0) is 14.7. The number of hydrogen-bond acceptors (Lipinski definition) is 3. The molecule has 2 N–H and O–H groups in total. The monoisotopic (exact) mass is 353 g/mol. The molecule has 0 unspecified atom stereocenters. The van der Waals surface area contributed by atoms with Gasteiger partial charge in [0.15, 0.2) is 5.78 Å². The maximum Gasteiger partial charge on any atom is 0.198 e. The highest BCUT2D eigenvalue weighted by Crippen LogP contribution is 2.29. The van der Waals surface area contributed by atoms with E-state index >= 15 is 0 Å². The highest BCUT2D eigenvalue weighted by molar-refractivity contribution is 9.10. The first-order valence-corrected chi connectivity index (χ1v) is 7.22. The number of hydrogen-bond donors (Lipinski definition) is 1. The van der Waals surface area contributed by atoms with Gasteiger partial charge in [0.1, 0.15) is 5.75 Å². The van der Waals surface area contributed by atoms with Crippen molar-refractivity contribution in [2.75, 3.05) is 12.3 Å². The molecule has 0 saturated carbocycles. The number of nitrogen functional groups attached to an aromatic ring is 1. The van der Waals surface area contributed by atoms with Gasteiger partial charge in [-0.15, -0.1) is 0 Å². The second kappa shape index (κ2) is 6.29. The second-order valence-electron chi connectivity index (χ2n) is 4.14. The molecule has 2 rings (SSSR count). The largest absolute Gasteiger partial charge is 0.493 e. The zero-order valence-corrected chi connectivity index (χ0v) is 13.2. The van der Waals surface area contributed by atoms with Crippen LogP contribution in [0.3, 0.4) is 0 Å². The van der Waals surface area contributed by atoms with Crippen molar-refractivity contribution in [1.82, 2.24) is 0 Å². The molecule has 20 heavy (non-hydrogen) atoms. The Morgan fingerprint density at radius 1 is 1.25 bits per heavy atom. The first-order chi connectivity index (χ1) is 9.52. The average molecular weight is 355 g/mol. The van der Waals surface area contributed by atoms with Gasteiger partial charge in [-0.1, -0.05) is 27.5 Å². The van der Waals surface area contributed by atoms with Crippen LogP contribution in [0, 0.1) is 0 Å². The van der Waals surface area contributed by atoms with Crippen LogP contribution >= 0.6 is 27.5 Å². The summed E-state index contributed by atoms with van der Waals surface area (Å²) in [6.45, 7) is 2.34. The number of rotatable bonds is 4. The summed E-state index contributed by atoms with van der Waals surface area (Å²) in [5, 5.41) is 0.367. The molecule has 0 aromatic heterocycles. The van der Waals surface area contributed by atoms with Crippen LogP contribution in [0.1, 0.15) is 22.8 Å². The summed E-state index contributed by atoms with van der Waals surface area (Å²) in [6, 6.07) is 10.1. The number of anilines is 1. The van der Waals surface area contributed by atoms with Crippen LogP contribution in [0.5, 0.6) is 5.75 Å². The first-order valence-electron chi connectivity index (χ1n) is 6.05. The number of nitrogens with two attached hydrogens (primary N) is 1. The summed E-state index contributed by atoms with van der Waals surface area (Å²) in [5.74, 6) is 0.311. The molecule has 0 spiro atoms. The maximum atomic E-state index is 12.6. The summed E-state index contributed by atoms with van der Waals surface area (Å²) >= 11 is 9.44. The smallest absolute Gasteiger partial charge is 0.198 e. The standard InChI is InChI=1S/C15H13BrClNO2/c1-2-20-14-6-3-9(16)7-12(14)15(19)11-8-10(18)4-5-13(11)17/h3-8H,2,18H2,1H3. The lowest BCUT2D eigenvalue weighted by Crippen LogP contribution is -2.07. The van der Waals surface area contributed by atoms with E-state index in [2.05, 4.69) is 15.9 Å². The Balaban J connectivity index is 2.52. The van der Waals surface area contributed by atoms with Crippen molar-refractivity contribution in [3.8, 4) is 5.75 Å². The van der Waals surface area contributed by atoms with Crippen molar-refractivity contribution in [1.29, 1.82) is 0 Å². The first kappa shape index (κ1) is 14.9. The number of ketones is 1. The van der Waals surface area contributed by atoms with Crippen LogP contribution in [0.25, 0.3) is 0 Å². The maximum absolute atomic E-state index is 12.6. The van der Waals surface area contributed by atoms with Crippen LogP contribution < -0.4 is 10.5 Å². The van der Waals surface area contributed by atoms with Crippen molar-refractivity contribution in [3.63, 3.8) is 0 Å². The number of ether oxygens (including phenoxy) is 1. The van der Waals surface area contributed by atoms with Gasteiger partial charge < -0.3 is 10.5 Å². The molecule has 5 heteroatoms. The molecule has 2 aromatic rings. The predicted octanol–water partition coefficient (Wildman–Crippen LogP) is 4.31. The summed E-state index contributed by atoms with van der Waals surface area (Å²) in [6.07, 6.45) is 0. The third-order valence-corrected chi connectivity index (χ3v) is 3.54. The minimum atomic E-state index is -0.216. The van der Waals surface area contributed by atoms with Crippen LogP contribution in [-0.4, -0.2) is 12.4 Å². The Labute approximate surface area is 130 Å². The van der Waals surface area contributed by atoms with Gasteiger partial charge >= 0.3 is 0 Å². The lowest BCUT2D eigenvalue weighted by Gasteiger charge is -2.11. The Hall–Kier alpha value is -1.52. The molecule has 3 nitrogen and oxygen atoms in total. The molecule has 104 valence electrons. The molecule has 0 heterocycles. The molecule has 0 amide bonds. The third kappa shape index (κ3) is 3.14. The number of carbonyl (C=O) groups excluding carboxylic acids is 1. The molecule has 0 aliphatic rings. The Bertz CT molecular complexity index is 658. The molecular formula is C15H13BrClNO2. The van der Waals surface area contributed by atoms with Gasteiger partial charge in [-0.25, -0.2) is 0 Å². The van der Waals surface area contributed by atoms with Crippen LogP contribution in [0.15, 0.2) is 40.9 Å². The van der Waals surface area contributed by atoms with Crippen LogP contribution in [0.4, 0.5) is 5.69 Å². The Morgan fingerprint density at radius 3 is 2.70 bits per heavy atom. The van der Waals surface area contributed by atoms with Crippen molar-refractivity contribution in [3.05, 3.63) is 57.0 Å². The summed E-state index contributed by atoms with van der Waals surface area (Å²) in [7, 11) is 0. The molecule has 0 bridgehead atoms. The van der Waals surface area contributed by atoms with E-state index in [0.717, 1.165) is 4.47 Å². The molecule has 0 fully saturated rings. The van der Waals surface area contributed by atoms with E-state index in [9.17, 15) is 4.79 Å². The molecule has 0 aliphatic carbocycles. The van der Waals surface area contributed by atoms with E-state index in [1.54, 1.807) is 30.3 Å². The molecule has 2 aromatic carbocycles. The second-order valence-corrected chi connectivity index (χ2v) is 5.46. The zero-order valence-electron chi connectivity index (χ0n) is 10.8. The van der Waals surface area contributed by atoms with Gasteiger partial charge in [-0.05, 0) is 43.3 Å². The lowest BCUT2D eigenvalue weighted by atomic mass is 10.0. The molecule has 0 saturated heterocycles. The van der Waals surface area contributed by atoms with Gasteiger partial charge in [-0.3, -0.25) is 4.79 Å². The van der Waals surface area contributed by atoms with Gasteiger partial charge in [0.05, 0.1) is 17.2 Å². The normalized spacial score (nSPS) is 10.3. The van der Waals surface area contributed by atoms with Gasteiger partial charge in [0.25, 0.3) is 0 Å². The minimum absolute atomic E-state index is 0.216. The Morgan fingerprint density at radius 2 is 2.00 bits per heavy atom. The highest BCUT2D eigenvalue weighted by Gasteiger charge is 2.18. The fraction of sp³-hybridized carbons (Fsp3) is 0.133. The van der Waals surface area contributed by atoms with E-state index in [0.29, 0.717) is 34.2 Å². The molecule has 0 aliphatic heterocycles. The van der Waals surface area contributed by atoms with Gasteiger partial charge in [0, 0.05) is 15.7 Å². The van der Waals surface area contributed by atoms with Crippen molar-refractivity contribution in [2.45, 2.75) is 6.92 Å². The summed E-state index contributed by atoms with van der Waals surface area (Å²) in [4.78, 5) is 12.6. The topological polar surface area (TPSA) is 52.3 Å². The third-order valence-electron chi connectivity index (χ3n) is 2.72. The molecular weight excluding hydrogens is 342 g/mol. The Kier molecular flexibility index (Phi) is 4.68.